The highest BCUT2D eigenvalue weighted by Gasteiger charge is 2.26. The molecule has 0 fully saturated rings. The first-order valence-corrected chi connectivity index (χ1v) is 12.2. The predicted octanol–water partition coefficient (Wildman–Crippen LogP) is 5.98. The smallest absolute Gasteiger partial charge is 0.342 e. The molecule has 1 aromatic rings. The van der Waals surface area contributed by atoms with E-state index in [4.69, 9.17) is 9.47 Å². The van der Waals surface area contributed by atoms with Crippen LogP contribution in [0.2, 0.25) is 0 Å². The SMILES string of the molecule is CC(C=CC1=C(C)CCCC1(C)C)=CC=CC(C)=CC(=O)OCC(O)COC(=O)c1ccccc1O. The van der Waals surface area contributed by atoms with E-state index in [1.807, 2.05) is 19.1 Å². The van der Waals surface area contributed by atoms with Crippen molar-refractivity contribution in [3.05, 3.63) is 88.6 Å². The van der Waals surface area contributed by atoms with Crippen LogP contribution in [0.25, 0.3) is 0 Å². The summed E-state index contributed by atoms with van der Waals surface area (Å²) >= 11 is 0. The number of aliphatic hydroxyl groups excluding tert-OH is 1. The summed E-state index contributed by atoms with van der Waals surface area (Å²) in [6, 6.07) is 5.94. The second-order valence-electron chi connectivity index (χ2n) is 9.82. The first kappa shape index (κ1) is 28.9. The highest BCUT2D eigenvalue weighted by Crippen LogP contribution is 2.40. The third-order valence-electron chi connectivity index (χ3n) is 6.07. The Morgan fingerprint density at radius 1 is 1.08 bits per heavy atom. The van der Waals surface area contributed by atoms with Crippen molar-refractivity contribution in [1.29, 1.82) is 0 Å². The Morgan fingerprint density at radius 3 is 2.47 bits per heavy atom. The van der Waals surface area contributed by atoms with Crippen molar-refractivity contribution in [1.82, 2.24) is 0 Å². The Hall–Kier alpha value is -3.38. The lowest BCUT2D eigenvalue weighted by Gasteiger charge is -2.32. The number of phenolic OH excluding ortho intramolecular Hbond substituents is 1. The van der Waals surface area contributed by atoms with E-state index in [1.165, 1.54) is 42.2 Å². The van der Waals surface area contributed by atoms with Gasteiger partial charge in [-0.2, -0.15) is 0 Å². The molecule has 0 spiro atoms. The molecule has 0 saturated heterocycles. The van der Waals surface area contributed by atoms with Crippen LogP contribution in [0.3, 0.4) is 0 Å². The van der Waals surface area contributed by atoms with Gasteiger partial charge in [0.05, 0.1) is 0 Å². The van der Waals surface area contributed by atoms with E-state index in [2.05, 4.69) is 32.9 Å². The van der Waals surface area contributed by atoms with Gasteiger partial charge in [-0.3, -0.25) is 0 Å². The molecule has 1 aromatic carbocycles. The number of allylic oxidation sites excluding steroid dienone is 9. The van der Waals surface area contributed by atoms with Crippen molar-refractivity contribution in [2.24, 2.45) is 5.41 Å². The number of hydrogen-bond donors (Lipinski definition) is 2. The van der Waals surface area contributed by atoms with Crippen molar-refractivity contribution in [3.8, 4) is 5.75 Å². The van der Waals surface area contributed by atoms with E-state index in [1.54, 1.807) is 25.1 Å². The van der Waals surface area contributed by atoms with Crippen LogP contribution in [0.1, 0.15) is 64.2 Å². The Balaban J connectivity index is 1.79. The fourth-order valence-electron chi connectivity index (χ4n) is 4.03. The summed E-state index contributed by atoms with van der Waals surface area (Å²) < 4.78 is 9.98. The highest BCUT2D eigenvalue weighted by molar-refractivity contribution is 5.92. The number of phenols is 1. The summed E-state index contributed by atoms with van der Waals surface area (Å²) in [5.74, 6) is -1.59. The molecule has 2 N–H and O–H groups in total. The van der Waals surface area contributed by atoms with Gasteiger partial charge in [-0.1, -0.05) is 67.5 Å². The molecule has 6 heteroatoms. The summed E-state index contributed by atoms with van der Waals surface area (Å²) in [7, 11) is 0. The summed E-state index contributed by atoms with van der Waals surface area (Å²) in [5, 5.41) is 19.6. The Bertz CT molecular complexity index is 1080. The lowest BCUT2D eigenvalue weighted by atomic mass is 9.72. The van der Waals surface area contributed by atoms with Crippen molar-refractivity contribution >= 4 is 11.9 Å². The molecular formula is C30H38O6. The predicted molar refractivity (Wildman–Crippen MR) is 141 cm³/mol. The summed E-state index contributed by atoms with van der Waals surface area (Å²) in [4.78, 5) is 23.9. The molecule has 0 heterocycles. The molecule has 1 unspecified atom stereocenters. The average molecular weight is 495 g/mol. The normalized spacial score (nSPS) is 17.5. The van der Waals surface area contributed by atoms with Gasteiger partial charge in [0.1, 0.15) is 30.6 Å². The number of benzene rings is 1. The van der Waals surface area contributed by atoms with Crippen LogP contribution < -0.4 is 0 Å². The molecular weight excluding hydrogens is 456 g/mol. The standard InChI is InChI=1S/C30H38O6/c1-21(15-16-26-23(3)12-9-17-30(26,4)5)10-8-11-22(2)18-28(33)35-19-24(31)20-36-29(34)25-13-6-7-14-27(25)32/h6-8,10-11,13-16,18,24,31-32H,9,12,17,19-20H2,1-5H3. The van der Waals surface area contributed by atoms with E-state index in [0.717, 1.165) is 12.0 Å². The number of carbonyl (C=O) groups is 2. The van der Waals surface area contributed by atoms with Crippen LogP contribution in [0.4, 0.5) is 0 Å². The van der Waals surface area contributed by atoms with Crippen LogP contribution in [-0.2, 0) is 14.3 Å². The van der Waals surface area contributed by atoms with Gasteiger partial charge in [-0.05, 0) is 68.7 Å². The number of rotatable bonds is 10. The van der Waals surface area contributed by atoms with E-state index in [9.17, 15) is 19.8 Å². The molecule has 0 amide bonds. The first-order chi connectivity index (χ1) is 17.0. The van der Waals surface area contributed by atoms with Gasteiger partial charge < -0.3 is 19.7 Å². The number of aliphatic hydroxyl groups is 1. The zero-order chi connectivity index (χ0) is 26.7. The molecule has 6 nitrogen and oxygen atoms in total. The molecule has 1 atom stereocenters. The van der Waals surface area contributed by atoms with Crippen molar-refractivity contribution in [2.45, 2.75) is 60.0 Å². The van der Waals surface area contributed by atoms with Crippen molar-refractivity contribution < 1.29 is 29.3 Å². The Labute approximate surface area is 214 Å². The van der Waals surface area contributed by atoms with Crippen LogP contribution in [0, 0.1) is 5.41 Å². The lowest BCUT2D eigenvalue weighted by molar-refractivity contribution is -0.141. The van der Waals surface area contributed by atoms with Crippen LogP contribution in [-0.4, -0.2) is 41.5 Å². The molecule has 0 bridgehead atoms. The highest BCUT2D eigenvalue weighted by atomic mass is 16.6. The average Bonchev–Trinajstić information content (AvgIpc) is 2.80. The number of carbonyl (C=O) groups excluding carboxylic acids is 2. The maximum absolute atomic E-state index is 12.0. The molecule has 0 aliphatic heterocycles. The lowest BCUT2D eigenvalue weighted by Crippen LogP contribution is -2.25. The molecule has 0 aromatic heterocycles. The van der Waals surface area contributed by atoms with Crippen LogP contribution in [0.5, 0.6) is 5.75 Å². The molecule has 1 aliphatic carbocycles. The van der Waals surface area contributed by atoms with Gasteiger partial charge in [0.15, 0.2) is 0 Å². The zero-order valence-electron chi connectivity index (χ0n) is 21.9. The van der Waals surface area contributed by atoms with Gasteiger partial charge in [-0.25, -0.2) is 9.59 Å². The van der Waals surface area contributed by atoms with E-state index in [-0.39, 0.29) is 29.9 Å². The molecule has 0 radical (unpaired) electrons. The maximum atomic E-state index is 12.0. The quantitative estimate of drug-likeness (QED) is 0.236. The van der Waals surface area contributed by atoms with Gasteiger partial charge in [0.25, 0.3) is 0 Å². The van der Waals surface area contributed by atoms with E-state index < -0.39 is 18.0 Å². The molecule has 2 rings (SSSR count). The largest absolute Gasteiger partial charge is 0.507 e. The fraction of sp³-hybridized carbons (Fsp3) is 0.400. The minimum Gasteiger partial charge on any atom is -0.507 e. The van der Waals surface area contributed by atoms with Gasteiger partial charge >= 0.3 is 11.9 Å². The number of aromatic hydroxyl groups is 1. The van der Waals surface area contributed by atoms with Crippen molar-refractivity contribution in [2.75, 3.05) is 13.2 Å². The third-order valence-corrected chi connectivity index (χ3v) is 6.07. The van der Waals surface area contributed by atoms with E-state index >= 15 is 0 Å². The second-order valence-corrected chi connectivity index (χ2v) is 9.82. The molecule has 36 heavy (non-hydrogen) atoms. The minimum absolute atomic E-state index is 0.00292. The summed E-state index contributed by atoms with van der Waals surface area (Å²) in [6.07, 6.45) is 13.8. The number of esters is 2. The monoisotopic (exact) mass is 494 g/mol. The number of para-hydroxylation sites is 1. The summed E-state index contributed by atoms with van der Waals surface area (Å²) in [5.41, 5.74) is 4.87. The first-order valence-electron chi connectivity index (χ1n) is 12.2. The zero-order valence-corrected chi connectivity index (χ0v) is 21.9. The number of hydrogen-bond acceptors (Lipinski definition) is 6. The summed E-state index contributed by atoms with van der Waals surface area (Å²) in [6.45, 7) is 9.93. The second kappa shape index (κ2) is 13.6. The van der Waals surface area contributed by atoms with E-state index in [0.29, 0.717) is 5.57 Å². The van der Waals surface area contributed by atoms with Gasteiger partial charge in [-0.15, -0.1) is 0 Å². The fourth-order valence-corrected chi connectivity index (χ4v) is 4.03. The number of ether oxygens (including phenoxy) is 2. The van der Waals surface area contributed by atoms with Crippen molar-refractivity contribution in [3.63, 3.8) is 0 Å². The van der Waals surface area contributed by atoms with Gasteiger partial charge in [0.2, 0.25) is 0 Å². The molecule has 1 aliphatic rings. The van der Waals surface area contributed by atoms with Crippen LogP contribution in [0.15, 0.2) is 83.0 Å². The third kappa shape index (κ3) is 9.34. The minimum atomic E-state index is -1.18. The Kier molecular flexibility index (Phi) is 10.9. The van der Waals surface area contributed by atoms with Gasteiger partial charge in [0, 0.05) is 6.08 Å². The van der Waals surface area contributed by atoms with Crippen LogP contribution >= 0.6 is 0 Å². The Morgan fingerprint density at radius 2 is 1.78 bits per heavy atom. The topological polar surface area (TPSA) is 93.1 Å². The maximum Gasteiger partial charge on any atom is 0.342 e. The molecule has 194 valence electrons. The molecule has 0 saturated carbocycles.